The van der Waals surface area contributed by atoms with Crippen molar-refractivity contribution in [3.63, 3.8) is 0 Å². The van der Waals surface area contributed by atoms with Crippen molar-refractivity contribution in [2.75, 3.05) is 37.5 Å². The Morgan fingerprint density at radius 2 is 2.11 bits per heavy atom. The molecule has 0 fully saturated rings. The Bertz CT molecular complexity index is 569. The number of aliphatic hydroxyl groups is 1. The molecule has 1 aromatic carbocycles. The number of nitrogens with zero attached hydrogens (tertiary/aromatic N) is 2. The van der Waals surface area contributed by atoms with Crippen molar-refractivity contribution in [2.24, 2.45) is 0 Å². The third kappa shape index (κ3) is 2.63. The monoisotopic (exact) mass is 259 g/mol. The van der Waals surface area contributed by atoms with Gasteiger partial charge in [-0.2, -0.15) is 0 Å². The van der Waals surface area contributed by atoms with Gasteiger partial charge in [-0.15, -0.1) is 0 Å². The molecule has 0 aliphatic heterocycles. The standard InChI is InChI=1S/C15H21N3O/c1-4-11-5-6-12-13(9-11)15(18(3)7-8-19)17-10-14(12)16-2/h5-6,9-10,16,19H,4,7-8H2,1-3H3. The van der Waals surface area contributed by atoms with Crippen LogP contribution in [0.15, 0.2) is 24.4 Å². The third-order valence-electron chi connectivity index (χ3n) is 3.41. The van der Waals surface area contributed by atoms with Gasteiger partial charge in [0.2, 0.25) is 0 Å². The molecule has 4 nitrogen and oxygen atoms in total. The first-order valence-corrected chi connectivity index (χ1v) is 6.62. The minimum atomic E-state index is 0.126. The molecule has 4 heteroatoms. The SMILES string of the molecule is CCc1ccc2c(NC)cnc(N(C)CCO)c2c1. The summed E-state index contributed by atoms with van der Waals surface area (Å²) in [5.74, 6) is 0.915. The van der Waals surface area contributed by atoms with Crippen LogP contribution in [0, 0.1) is 0 Å². The molecule has 0 aliphatic carbocycles. The van der Waals surface area contributed by atoms with Crippen LogP contribution in [-0.2, 0) is 6.42 Å². The Labute approximate surface area is 114 Å². The predicted molar refractivity (Wildman–Crippen MR) is 81.0 cm³/mol. The van der Waals surface area contributed by atoms with E-state index in [1.807, 2.05) is 25.2 Å². The second-order valence-electron chi connectivity index (χ2n) is 4.62. The molecule has 1 heterocycles. The Kier molecular flexibility index (Phi) is 4.22. The van der Waals surface area contributed by atoms with Gasteiger partial charge in [-0.25, -0.2) is 4.98 Å². The topological polar surface area (TPSA) is 48.4 Å². The predicted octanol–water partition coefficient (Wildman–Crippen LogP) is 2.27. The molecule has 0 saturated carbocycles. The summed E-state index contributed by atoms with van der Waals surface area (Å²) in [6, 6.07) is 6.48. The van der Waals surface area contributed by atoms with Crippen LogP contribution in [0.1, 0.15) is 12.5 Å². The molecule has 2 rings (SSSR count). The highest BCUT2D eigenvalue weighted by molar-refractivity contribution is 6.00. The van der Waals surface area contributed by atoms with E-state index in [1.165, 1.54) is 5.56 Å². The van der Waals surface area contributed by atoms with E-state index in [1.54, 1.807) is 0 Å². The van der Waals surface area contributed by atoms with Gasteiger partial charge in [0.25, 0.3) is 0 Å². The first-order valence-electron chi connectivity index (χ1n) is 6.62. The highest BCUT2D eigenvalue weighted by Gasteiger charge is 2.10. The fourth-order valence-corrected chi connectivity index (χ4v) is 2.26. The summed E-state index contributed by atoms with van der Waals surface area (Å²) in [4.78, 5) is 6.51. The van der Waals surface area contributed by atoms with Crippen molar-refractivity contribution in [1.82, 2.24) is 4.98 Å². The second-order valence-corrected chi connectivity index (χ2v) is 4.62. The number of anilines is 2. The van der Waals surface area contributed by atoms with Gasteiger partial charge < -0.3 is 15.3 Å². The van der Waals surface area contributed by atoms with Crippen LogP contribution in [0.25, 0.3) is 10.8 Å². The zero-order valence-electron chi connectivity index (χ0n) is 11.8. The zero-order valence-corrected chi connectivity index (χ0v) is 11.8. The molecule has 102 valence electrons. The summed E-state index contributed by atoms with van der Waals surface area (Å²) in [5.41, 5.74) is 2.32. The van der Waals surface area contributed by atoms with Gasteiger partial charge in [-0.1, -0.05) is 19.1 Å². The minimum absolute atomic E-state index is 0.126. The first kappa shape index (κ1) is 13.6. The first-order chi connectivity index (χ1) is 9.21. The molecule has 0 atom stereocenters. The summed E-state index contributed by atoms with van der Waals surface area (Å²) < 4.78 is 0. The summed E-state index contributed by atoms with van der Waals surface area (Å²) in [5, 5.41) is 14.6. The van der Waals surface area contributed by atoms with Gasteiger partial charge in [0.1, 0.15) is 5.82 Å². The number of aliphatic hydroxyl groups excluding tert-OH is 1. The highest BCUT2D eigenvalue weighted by Crippen LogP contribution is 2.30. The van der Waals surface area contributed by atoms with Crippen molar-refractivity contribution in [3.8, 4) is 0 Å². The van der Waals surface area contributed by atoms with Crippen LogP contribution in [0.5, 0.6) is 0 Å². The number of benzene rings is 1. The second kappa shape index (κ2) is 5.89. The molecule has 0 saturated heterocycles. The van der Waals surface area contributed by atoms with Crippen molar-refractivity contribution in [3.05, 3.63) is 30.0 Å². The van der Waals surface area contributed by atoms with Gasteiger partial charge >= 0.3 is 0 Å². The largest absolute Gasteiger partial charge is 0.395 e. The number of nitrogens with one attached hydrogen (secondary N) is 1. The Morgan fingerprint density at radius 3 is 2.74 bits per heavy atom. The lowest BCUT2D eigenvalue weighted by atomic mass is 10.0. The third-order valence-corrected chi connectivity index (χ3v) is 3.41. The van der Waals surface area contributed by atoms with Crippen LogP contribution in [0.2, 0.25) is 0 Å². The molecule has 0 spiro atoms. The van der Waals surface area contributed by atoms with Crippen LogP contribution >= 0.6 is 0 Å². The number of hydrogen-bond acceptors (Lipinski definition) is 4. The number of hydrogen-bond donors (Lipinski definition) is 2. The number of aryl methyl sites for hydroxylation is 1. The molecule has 2 aromatic rings. The number of likely N-dealkylation sites (N-methyl/N-ethyl adjacent to an activating group) is 1. The van der Waals surface area contributed by atoms with Crippen molar-refractivity contribution >= 4 is 22.3 Å². The van der Waals surface area contributed by atoms with E-state index in [0.29, 0.717) is 6.54 Å². The van der Waals surface area contributed by atoms with Crippen LogP contribution in [-0.4, -0.2) is 37.3 Å². The minimum Gasteiger partial charge on any atom is -0.395 e. The van der Waals surface area contributed by atoms with Gasteiger partial charge in [0.15, 0.2) is 0 Å². The van der Waals surface area contributed by atoms with Crippen molar-refractivity contribution < 1.29 is 5.11 Å². The van der Waals surface area contributed by atoms with Gasteiger partial charge in [0.05, 0.1) is 18.5 Å². The molecule has 0 aliphatic rings. The molecular formula is C15H21N3O. The summed E-state index contributed by atoms with van der Waals surface area (Å²) in [6.45, 7) is 2.85. The summed E-state index contributed by atoms with van der Waals surface area (Å²) >= 11 is 0. The lowest BCUT2D eigenvalue weighted by molar-refractivity contribution is 0.304. The Hall–Kier alpha value is -1.81. The maximum Gasteiger partial charge on any atom is 0.136 e. The van der Waals surface area contributed by atoms with E-state index in [4.69, 9.17) is 5.11 Å². The van der Waals surface area contributed by atoms with E-state index >= 15 is 0 Å². The number of fused-ring (bicyclic) bond motifs is 1. The molecule has 0 bridgehead atoms. The van der Waals surface area contributed by atoms with E-state index < -0.39 is 0 Å². The number of pyridine rings is 1. The maximum atomic E-state index is 9.09. The highest BCUT2D eigenvalue weighted by atomic mass is 16.3. The van der Waals surface area contributed by atoms with Crippen LogP contribution in [0.4, 0.5) is 11.5 Å². The van der Waals surface area contributed by atoms with Crippen molar-refractivity contribution in [1.29, 1.82) is 0 Å². The Morgan fingerprint density at radius 1 is 1.32 bits per heavy atom. The zero-order chi connectivity index (χ0) is 13.8. The van der Waals surface area contributed by atoms with E-state index in [9.17, 15) is 0 Å². The molecule has 0 radical (unpaired) electrons. The van der Waals surface area contributed by atoms with E-state index in [2.05, 4.69) is 35.4 Å². The van der Waals surface area contributed by atoms with E-state index in [0.717, 1.165) is 28.7 Å². The van der Waals surface area contributed by atoms with Crippen LogP contribution in [0.3, 0.4) is 0 Å². The van der Waals surface area contributed by atoms with Crippen LogP contribution < -0.4 is 10.2 Å². The van der Waals surface area contributed by atoms with Crippen molar-refractivity contribution in [2.45, 2.75) is 13.3 Å². The quantitative estimate of drug-likeness (QED) is 0.865. The van der Waals surface area contributed by atoms with Gasteiger partial charge in [-0.05, 0) is 18.1 Å². The average molecular weight is 259 g/mol. The summed E-state index contributed by atoms with van der Waals surface area (Å²) in [7, 11) is 3.86. The normalized spacial score (nSPS) is 10.7. The lowest BCUT2D eigenvalue weighted by Crippen LogP contribution is -2.22. The molecular weight excluding hydrogens is 238 g/mol. The molecule has 1 aromatic heterocycles. The Balaban J connectivity index is 2.63. The van der Waals surface area contributed by atoms with Gasteiger partial charge in [0, 0.05) is 31.4 Å². The van der Waals surface area contributed by atoms with E-state index in [-0.39, 0.29) is 6.61 Å². The lowest BCUT2D eigenvalue weighted by Gasteiger charge is -2.20. The molecule has 19 heavy (non-hydrogen) atoms. The molecule has 2 N–H and O–H groups in total. The van der Waals surface area contributed by atoms with Gasteiger partial charge in [-0.3, -0.25) is 0 Å². The molecule has 0 unspecified atom stereocenters. The smallest absolute Gasteiger partial charge is 0.136 e. The fraction of sp³-hybridized carbons (Fsp3) is 0.400. The maximum absolute atomic E-state index is 9.09. The number of aromatic nitrogens is 1. The average Bonchev–Trinajstić information content (AvgIpc) is 2.45. The number of rotatable bonds is 5. The fourth-order valence-electron chi connectivity index (χ4n) is 2.26. The molecule has 0 amide bonds. The summed E-state index contributed by atoms with van der Waals surface area (Å²) in [6.07, 6.45) is 2.85.